The van der Waals surface area contributed by atoms with Crippen molar-refractivity contribution in [3.8, 4) is 0 Å². The van der Waals surface area contributed by atoms with E-state index in [1.807, 2.05) is 0 Å². The molecule has 0 fully saturated rings. The third kappa shape index (κ3) is 33.0. The number of rotatable bonds is 25. The molecule has 0 amide bonds. The smallest absolute Gasteiger partial charge is 0.000672 e. The van der Waals surface area contributed by atoms with Gasteiger partial charge in [0, 0.05) is 0 Å². The lowest BCUT2D eigenvalue weighted by molar-refractivity contribution is 0.233. The molecule has 0 saturated carbocycles. The summed E-state index contributed by atoms with van der Waals surface area (Å²) in [6.45, 7) is 13.6. The molecule has 0 unspecified atom stereocenters. The largest absolute Gasteiger partial charge is 0.330 e. The molecule has 214 valence electrons. The van der Waals surface area contributed by atoms with Gasteiger partial charge < -0.3 is 21.3 Å². The lowest BCUT2D eigenvalue weighted by Crippen LogP contribution is -2.31. The molecule has 0 spiro atoms. The first-order chi connectivity index (χ1) is 14.8. The Morgan fingerprint density at radius 2 is 0.588 bits per heavy atom. The fraction of sp³-hybridized carbons (Fsp3) is 1.00. The zero-order valence-corrected chi connectivity index (χ0v) is 25.9. The van der Waals surface area contributed by atoms with Crippen molar-refractivity contribution in [3.05, 3.63) is 0 Å². The van der Waals surface area contributed by atoms with Crippen LogP contribution in [0.1, 0.15) is 117 Å². The summed E-state index contributed by atoms with van der Waals surface area (Å²) in [6.07, 6.45) is 21.5. The van der Waals surface area contributed by atoms with E-state index in [1.165, 1.54) is 129 Å². The maximum absolute atomic E-state index is 5.77. The Kier molecular flexibility index (Phi) is 50.9. The quantitative estimate of drug-likeness (QED) is 0.111. The molecule has 0 heterocycles. The highest BCUT2D eigenvalue weighted by Crippen LogP contribution is 2.09. The molecule has 0 aliphatic carbocycles. The van der Waals surface area contributed by atoms with Crippen LogP contribution in [0.2, 0.25) is 0 Å². The summed E-state index contributed by atoms with van der Waals surface area (Å²) >= 11 is 0. The number of unbranched alkanes of at least 4 members (excludes halogenated alkanes) is 11. The maximum atomic E-state index is 5.77. The van der Waals surface area contributed by atoms with Gasteiger partial charge in [-0.3, -0.25) is 0 Å². The Hall–Kier alpha value is 1.00. The minimum atomic E-state index is 0. The van der Waals surface area contributed by atoms with Gasteiger partial charge in [0.15, 0.2) is 0 Å². The maximum Gasteiger partial charge on any atom is -0.000672 e. The summed E-state index contributed by atoms with van der Waals surface area (Å²) in [5.74, 6) is 0. The molecule has 8 heteroatoms. The van der Waals surface area contributed by atoms with Crippen LogP contribution in [0.15, 0.2) is 0 Å². The van der Waals surface area contributed by atoms with Crippen molar-refractivity contribution in [3.63, 3.8) is 0 Å². The molecule has 0 radical (unpaired) electrons. The molecule has 0 saturated heterocycles. The summed E-state index contributed by atoms with van der Waals surface area (Å²) in [7, 11) is 0. The lowest BCUT2D eigenvalue weighted by atomic mass is 10.1. The van der Waals surface area contributed by atoms with Crippen LogP contribution in [-0.4, -0.2) is 62.2 Å². The van der Waals surface area contributed by atoms with E-state index in [0.29, 0.717) is 0 Å². The van der Waals surface area contributed by atoms with Gasteiger partial charge in [0.2, 0.25) is 0 Å². The van der Waals surface area contributed by atoms with E-state index < -0.39 is 0 Å². The molecule has 34 heavy (non-hydrogen) atoms. The van der Waals surface area contributed by atoms with E-state index in [1.54, 1.807) is 0 Å². The molecule has 4 nitrogen and oxygen atoms in total. The van der Waals surface area contributed by atoms with Gasteiger partial charge in [-0.05, 0) is 90.9 Å². The van der Waals surface area contributed by atoms with Crippen molar-refractivity contribution in [2.24, 2.45) is 11.5 Å². The van der Waals surface area contributed by atoms with Gasteiger partial charge in [0.1, 0.15) is 0 Å². The summed E-state index contributed by atoms with van der Waals surface area (Å²) in [5.41, 5.74) is 11.5. The Morgan fingerprint density at radius 1 is 0.353 bits per heavy atom. The van der Waals surface area contributed by atoms with E-state index in [9.17, 15) is 0 Å². The fourth-order valence-electron chi connectivity index (χ4n) is 4.20. The molecule has 0 aliphatic heterocycles. The van der Waals surface area contributed by atoms with Crippen LogP contribution >= 0.6 is 49.6 Å². The summed E-state index contributed by atoms with van der Waals surface area (Å²) in [5, 5.41) is 0. The standard InChI is InChI=1S/C26H58N4.4ClH/c1-3-5-7-9-11-13-21-29(25-17-19-27)23-15-16-24-30(26-18-20-28)22-14-12-10-8-6-4-2;;;;/h3-28H2,1-2H3;4*1H. The van der Waals surface area contributed by atoms with Crippen molar-refractivity contribution in [2.75, 3.05) is 52.4 Å². The van der Waals surface area contributed by atoms with Gasteiger partial charge >= 0.3 is 0 Å². The average molecular weight is 573 g/mol. The van der Waals surface area contributed by atoms with Crippen LogP contribution in [0.4, 0.5) is 0 Å². The van der Waals surface area contributed by atoms with E-state index in [-0.39, 0.29) is 49.6 Å². The highest BCUT2D eigenvalue weighted by Gasteiger charge is 2.07. The minimum absolute atomic E-state index is 0. The Labute approximate surface area is 239 Å². The van der Waals surface area contributed by atoms with Crippen molar-refractivity contribution in [2.45, 2.75) is 117 Å². The van der Waals surface area contributed by atoms with Crippen molar-refractivity contribution < 1.29 is 0 Å². The molecule has 0 aromatic heterocycles. The van der Waals surface area contributed by atoms with Gasteiger partial charge in [-0.2, -0.15) is 0 Å². The van der Waals surface area contributed by atoms with Gasteiger partial charge in [-0.25, -0.2) is 0 Å². The van der Waals surface area contributed by atoms with E-state index in [4.69, 9.17) is 11.5 Å². The number of halogens is 4. The summed E-state index contributed by atoms with van der Waals surface area (Å²) < 4.78 is 0. The van der Waals surface area contributed by atoms with E-state index >= 15 is 0 Å². The van der Waals surface area contributed by atoms with Crippen LogP contribution in [0.25, 0.3) is 0 Å². The molecular formula is C26H62Cl4N4. The molecule has 4 N–H and O–H groups in total. The highest BCUT2D eigenvalue weighted by atomic mass is 35.5. The zero-order valence-electron chi connectivity index (χ0n) is 22.7. The van der Waals surface area contributed by atoms with Crippen LogP contribution in [0.5, 0.6) is 0 Å². The molecule has 0 bridgehead atoms. The van der Waals surface area contributed by atoms with Crippen molar-refractivity contribution in [1.29, 1.82) is 0 Å². The van der Waals surface area contributed by atoms with Gasteiger partial charge in [0.25, 0.3) is 0 Å². The second kappa shape index (κ2) is 38.5. The van der Waals surface area contributed by atoms with E-state index in [2.05, 4.69) is 23.6 Å². The van der Waals surface area contributed by atoms with E-state index in [0.717, 1.165) is 25.9 Å². The van der Waals surface area contributed by atoms with Crippen LogP contribution < -0.4 is 11.5 Å². The summed E-state index contributed by atoms with van der Waals surface area (Å²) in [6, 6.07) is 0. The molecule has 0 aromatic carbocycles. The normalized spacial score (nSPS) is 10.4. The topological polar surface area (TPSA) is 58.5 Å². The van der Waals surface area contributed by atoms with Crippen molar-refractivity contribution in [1.82, 2.24) is 9.80 Å². The van der Waals surface area contributed by atoms with Gasteiger partial charge in [-0.1, -0.05) is 78.1 Å². The van der Waals surface area contributed by atoms with Crippen molar-refractivity contribution >= 4 is 49.6 Å². The third-order valence-electron chi connectivity index (χ3n) is 6.21. The van der Waals surface area contributed by atoms with Crippen LogP contribution in [0, 0.1) is 0 Å². The predicted octanol–water partition coefficient (Wildman–Crippen LogP) is 7.48. The second-order valence-corrected chi connectivity index (χ2v) is 9.21. The molecule has 0 aliphatic rings. The SMILES string of the molecule is CCCCCCCCN(CCCN)CCCCN(CCCN)CCCCCCCC.Cl.Cl.Cl.Cl. The molecular weight excluding hydrogens is 510 g/mol. The number of nitrogens with two attached hydrogens (primary N) is 2. The number of nitrogens with zero attached hydrogens (tertiary/aromatic N) is 2. The molecule has 0 atom stereocenters. The number of hydrogen-bond donors (Lipinski definition) is 2. The first kappa shape index (κ1) is 45.0. The number of hydrogen-bond acceptors (Lipinski definition) is 4. The second-order valence-electron chi connectivity index (χ2n) is 9.21. The fourth-order valence-corrected chi connectivity index (χ4v) is 4.20. The first-order valence-corrected chi connectivity index (χ1v) is 13.6. The first-order valence-electron chi connectivity index (χ1n) is 13.6. The monoisotopic (exact) mass is 570 g/mol. The van der Waals surface area contributed by atoms with Gasteiger partial charge in [-0.15, -0.1) is 49.6 Å². The van der Waals surface area contributed by atoms with Gasteiger partial charge in [0.05, 0.1) is 0 Å². The predicted molar refractivity (Wildman–Crippen MR) is 165 cm³/mol. The molecule has 0 rings (SSSR count). The highest BCUT2D eigenvalue weighted by molar-refractivity contribution is 5.86. The van der Waals surface area contributed by atoms with Crippen LogP contribution in [-0.2, 0) is 0 Å². The average Bonchev–Trinajstić information content (AvgIpc) is 2.76. The van der Waals surface area contributed by atoms with Crippen LogP contribution in [0.3, 0.4) is 0 Å². The zero-order chi connectivity index (χ0) is 22.1. The lowest BCUT2D eigenvalue weighted by Gasteiger charge is -2.24. The Balaban J connectivity index is -0.000000701. The molecule has 0 aromatic rings. The minimum Gasteiger partial charge on any atom is -0.330 e. The Morgan fingerprint density at radius 3 is 0.882 bits per heavy atom. The summed E-state index contributed by atoms with van der Waals surface area (Å²) in [4.78, 5) is 5.34. The third-order valence-corrected chi connectivity index (χ3v) is 6.21. The Bertz CT molecular complexity index is 299.